The molecule has 2 heterocycles. The molecule has 1 aromatic carbocycles. The molecule has 0 unspecified atom stereocenters. The monoisotopic (exact) mass is 226 g/mol. The van der Waals surface area contributed by atoms with Crippen molar-refractivity contribution in [2.75, 3.05) is 0 Å². The normalized spacial score (nSPS) is 10.9. The van der Waals surface area contributed by atoms with Crippen LogP contribution in [-0.2, 0) is 7.05 Å². The lowest BCUT2D eigenvalue weighted by Gasteiger charge is -1.98. The lowest BCUT2D eigenvalue weighted by atomic mass is 10.3. The lowest BCUT2D eigenvalue weighted by Crippen LogP contribution is -2.07. The van der Waals surface area contributed by atoms with Gasteiger partial charge in [-0.25, -0.2) is 4.98 Å². The maximum absolute atomic E-state index is 12.1. The summed E-state index contributed by atoms with van der Waals surface area (Å²) < 4.78 is 6.88. The van der Waals surface area contributed by atoms with Crippen molar-refractivity contribution in [3.8, 4) is 0 Å². The van der Waals surface area contributed by atoms with Crippen LogP contribution in [0.3, 0.4) is 0 Å². The van der Waals surface area contributed by atoms with E-state index in [4.69, 9.17) is 4.42 Å². The number of hydrogen-bond acceptors (Lipinski definition) is 3. The fraction of sp³-hybridized carbons (Fsp3) is 0.0769. The number of hydrogen-bond donors (Lipinski definition) is 0. The number of ketones is 1. The molecule has 0 aliphatic rings. The Hall–Kier alpha value is -2.36. The summed E-state index contributed by atoms with van der Waals surface area (Å²) in [6, 6.07) is 11.0. The summed E-state index contributed by atoms with van der Waals surface area (Å²) in [4.78, 5) is 16.4. The van der Waals surface area contributed by atoms with Crippen molar-refractivity contribution in [3.63, 3.8) is 0 Å². The number of aryl methyl sites for hydroxylation is 1. The lowest BCUT2D eigenvalue weighted by molar-refractivity contribution is 0.0997. The molecule has 0 aliphatic heterocycles. The maximum Gasteiger partial charge on any atom is 0.263 e. The topological polar surface area (TPSA) is 48.0 Å². The maximum atomic E-state index is 12.1. The van der Waals surface area contributed by atoms with E-state index in [1.165, 1.54) is 6.26 Å². The number of fused-ring (bicyclic) bond motifs is 1. The molecular formula is C13H10N2O2. The largest absolute Gasteiger partial charge is 0.461 e. The van der Waals surface area contributed by atoms with E-state index in [2.05, 4.69) is 4.98 Å². The second-order valence-electron chi connectivity index (χ2n) is 3.79. The number of furan rings is 1. The summed E-state index contributed by atoms with van der Waals surface area (Å²) in [6.07, 6.45) is 1.48. The Morgan fingerprint density at radius 3 is 2.76 bits per heavy atom. The number of rotatable bonds is 2. The van der Waals surface area contributed by atoms with Crippen molar-refractivity contribution in [2.45, 2.75) is 0 Å². The van der Waals surface area contributed by atoms with Gasteiger partial charge in [0.05, 0.1) is 17.3 Å². The summed E-state index contributed by atoms with van der Waals surface area (Å²) in [5.41, 5.74) is 1.74. The van der Waals surface area contributed by atoms with E-state index in [0.717, 1.165) is 11.0 Å². The van der Waals surface area contributed by atoms with E-state index >= 15 is 0 Å². The van der Waals surface area contributed by atoms with Crippen LogP contribution < -0.4 is 0 Å². The molecule has 0 N–H and O–H groups in total. The number of imidazole rings is 1. The Morgan fingerprint density at radius 2 is 2.06 bits per heavy atom. The van der Waals surface area contributed by atoms with Gasteiger partial charge in [0.2, 0.25) is 0 Å². The van der Waals surface area contributed by atoms with Gasteiger partial charge in [0.15, 0.2) is 11.6 Å². The van der Waals surface area contributed by atoms with Crippen LogP contribution in [0.1, 0.15) is 16.4 Å². The van der Waals surface area contributed by atoms with E-state index in [-0.39, 0.29) is 5.78 Å². The molecule has 0 amide bonds. The summed E-state index contributed by atoms with van der Waals surface area (Å²) >= 11 is 0. The van der Waals surface area contributed by atoms with Crippen LogP contribution in [0.4, 0.5) is 0 Å². The molecule has 84 valence electrons. The Kier molecular flexibility index (Phi) is 2.08. The molecule has 3 rings (SSSR count). The number of carbonyl (C=O) groups excluding carboxylic acids is 1. The van der Waals surface area contributed by atoms with Crippen LogP contribution in [0.25, 0.3) is 11.0 Å². The van der Waals surface area contributed by atoms with Gasteiger partial charge in [-0.15, -0.1) is 0 Å². The predicted octanol–water partition coefficient (Wildman–Crippen LogP) is 2.40. The Morgan fingerprint density at radius 1 is 1.24 bits per heavy atom. The van der Waals surface area contributed by atoms with E-state index in [1.54, 1.807) is 16.7 Å². The van der Waals surface area contributed by atoms with E-state index in [1.807, 2.05) is 31.3 Å². The van der Waals surface area contributed by atoms with Crippen molar-refractivity contribution in [2.24, 2.45) is 7.05 Å². The van der Waals surface area contributed by atoms with Gasteiger partial charge in [-0.2, -0.15) is 0 Å². The minimum Gasteiger partial charge on any atom is -0.461 e. The number of benzene rings is 1. The standard InChI is InChI=1S/C13H10N2O2/c1-15-10-6-3-2-5-9(10)14-13(15)12(16)11-7-4-8-17-11/h2-8H,1H3. The van der Waals surface area contributed by atoms with Gasteiger partial charge in [0.1, 0.15) is 0 Å². The molecule has 0 fully saturated rings. The summed E-state index contributed by atoms with van der Waals surface area (Å²) in [6.45, 7) is 0. The van der Waals surface area contributed by atoms with E-state index in [9.17, 15) is 4.79 Å². The zero-order chi connectivity index (χ0) is 11.8. The summed E-state index contributed by atoms with van der Waals surface area (Å²) in [5.74, 6) is 0.498. The van der Waals surface area contributed by atoms with Gasteiger partial charge in [-0.3, -0.25) is 4.79 Å². The Bertz CT molecular complexity index is 681. The molecule has 3 aromatic rings. The van der Waals surface area contributed by atoms with Gasteiger partial charge in [0, 0.05) is 7.05 Å². The average molecular weight is 226 g/mol. The molecular weight excluding hydrogens is 216 g/mol. The van der Waals surface area contributed by atoms with Gasteiger partial charge in [-0.1, -0.05) is 12.1 Å². The van der Waals surface area contributed by atoms with Crippen LogP contribution in [0.15, 0.2) is 47.1 Å². The zero-order valence-electron chi connectivity index (χ0n) is 9.25. The van der Waals surface area contributed by atoms with Crippen molar-refractivity contribution < 1.29 is 9.21 Å². The second-order valence-corrected chi connectivity index (χ2v) is 3.79. The fourth-order valence-electron chi connectivity index (χ4n) is 1.87. The van der Waals surface area contributed by atoms with E-state index < -0.39 is 0 Å². The van der Waals surface area contributed by atoms with Gasteiger partial charge >= 0.3 is 0 Å². The molecule has 0 aliphatic carbocycles. The molecule has 0 atom stereocenters. The number of para-hydroxylation sites is 2. The molecule has 4 nitrogen and oxygen atoms in total. The average Bonchev–Trinajstić information content (AvgIpc) is 2.97. The molecule has 2 aromatic heterocycles. The van der Waals surface area contributed by atoms with Crippen LogP contribution in [0, 0.1) is 0 Å². The van der Waals surface area contributed by atoms with Gasteiger partial charge in [0.25, 0.3) is 5.78 Å². The van der Waals surface area contributed by atoms with Crippen molar-refractivity contribution in [1.29, 1.82) is 0 Å². The third-order valence-electron chi connectivity index (χ3n) is 2.74. The third-order valence-corrected chi connectivity index (χ3v) is 2.74. The number of carbonyl (C=O) groups is 1. The van der Waals surface area contributed by atoms with E-state index in [0.29, 0.717) is 11.6 Å². The predicted molar refractivity (Wildman–Crippen MR) is 62.9 cm³/mol. The second kappa shape index (κ2) is 3.59. The summed E-state index contributed by atoms with van der Waals surface area (Å²) in [7, 11) is 1.82. The highest BCUT2D eigenvalue weighted by atomic mass is 16.3. The Balaban J connectivity index is 2.18. The molecule has 0 spiro atoms. The SMILES string of the molecule is Cn1c(C(=O)c2ccco2)nc2ccccc21. The quantitative estimate of drug-likeness (QED) is 0.630. The summed E-state index contributed by atoms with van der Waals surface area (Å²) in [5, 5.41) is 0. The minimum absolute atomic E-state index is 0.200. The van der Waals surface area contributed by atoms with Crippen LogP contribution in [0.2, 0.25) is 0 Å². The highest BCUT2D eigenvalue weighted by molar-refractivity contribution is 6.06. The first kappa shape index (κ1) is 9.84. The molecule has 4 heteroatoms. The molecule has 0 saturated carbocycles. The first-order valence-electron chi connectivity index (χ1n) is 5.27. The van der Waals surface area contributed by atoms with Crippen molar-refractivity contribution >= 4 is 16.8 Å². The highest BCUT2D eigenvalue weighted by Crippen LogP contribution is 2.17. The molecule has 0 saturated heterocycles. The zero-order valence-corrected chi connectivity index (χ0v) is 9.25. The number of nitrogens with zero attached hydrogens (tertiary/aromatic N) is 2. The molecule has 0 radical (unpaired) electrons. The third kappa shape index (κ3) is 1.45. The Labute approximate surface area is 97.5 Å². The molecule has 17 heavy (non-hydrogen) atoms. The van der Waals surface area contributed by atoms with Gasteiger partial charge in [-0.05, 0) is 24.3 Å². The van der Waals surface area contributed by atoms with Crippen LogP contribution >= 0.6 is 0 Å². The number of aromatic nitrogens is 2. The first-order chi connectivity index (χ1) is 8.27. The van der Waals surface area contributed by atoms with Crippen LogP contribution in [-0.4, -0.2) is 15.3 Å². The van der Waals surface area contributed by atoms with Crippen LogP contribution in [0.5, 0.6) is 0 Å². The molecule has 0 bridgehead atoms. The van der Waals surface area contributed by atoms with Crippen molar-refractivity contribution in [1.82, 2.24) is 9.55 Å². The van der Waals surface area contributed by atoms with Crippen molar-refractivity contribution in [3.05, 3.63) is 54.2 Å². The first-order valence-corrected chi connectivity index (χ1v) is 5.27. The smallest absolute Gasteiger partial charge is 0.263 e. The van der Waals surface area contributed by atoms with Gasteiger partial charge < -0.3 is 8.98 Å². The minimum atomic E-state index is -0.200. The fourth-order valence-corrected chi connectivity index (χ4v) is 1.87. The highest BCUT2D eigenvalue weighted by Gasteiger charge is 2.18.